The fraction of sp³-hybridized carbons (Fsp3) is 0. The highest BCUT2D eigenvalue weighted by Gasteiger charge is 2.00. The molecular weight excluding hydrogens is 229 g/mol. The van der Waals surface area contributed by atoms with Gasteiger partial charge in [0, 0.05) is 17.4 Å². The van der Waals surface area contributed by atoms with E-state index >= 15 is 0 Å². The summed E-state index contributed by atoms with van der Waals surface area (Å²) in [4.78, 5) is 21.6. The van der Waals surface area contributed by atoms with Gasteiger partial charge in [0.15, 0.2) is 0 Å². The minimum atomic E-state index is -4.64. The minimum Gasteiger partial charge on any atom is -0.870 e. The van der Waals surface area contributed by atoms with Crippen molar-refractivity contribution in [3.05, 3.63) is 0 Å². The lowest BCUT2D eigenvalue weighted by atomic mass is 10.3. The van der Waals surface area contributed by atoms with Crippen LogP contribution in [0.25, 0.3) is 0 Å². The quantitative estimate of drug-likeness (QED) is 0.177. The van der Waals surface area contributed by atoms with Gasteiger partial charge in [-0.2, -0.15) is 0 Å². The van der Waals surface area contributed by atoms with E-state index in [1.165, 1.54) is 0 Å². The van der Waals surface area contributed by atoms with Gasteiger partial charge in [0.2, 0.25) is 0 Å². The lowest BCUT2D eigenvalue weighted by Crippen LogP contribution is -2.07. The number of phosphoric acid groups is 1. The first kappa shape index (κ1) is 37.5. The van der Waals surface area contributed by atoms with E-state index in [0.29, 0.717) is 0 Å². The van der Waals surface area contributed by atoms with Gasteiger partial charge < -0.3 is 46.2 Å². The van der Waals surface area contributed by atoms with Gasteiger partial charge in [0.25, 0.3) is 0 Å². The molecule has 0 heterocycles. The van der Waals surface area contributed by atoms with E-state index in [9.17, 15) is 0 Å². The maximum absolute atomic E-state index is 8.88. The molecular formula is H9AlBO10P-3. The Morgan fingerprint density at radius 2 is 0.846 bits per heavy atom. The van der Waals surface area contributed by atoms with Gasteiger partial charge in [-0.1, -0.05) is 0 Å². The van der Waals surface area contributed by atoms with Crippen molar-refractivity contribution in [3.63, 3.8) is 0 Å². The van der Waals surface area contributed by atoms with Crippen LogP contribution in [0.1, 0.15) is 0 Å². The van der Waals surface area contributed by atoms with E-state index < -0.39 is 15.1 Å². The van der Waals surface area contributed by atoms with Crippen LogP contribution in [0.3, 0.4) is 0 Å². The molecule has 13 heteroatoms. The monoisotopic (exact) mass is 238 g/mol. The third-order valence-electron chi connectivity index (χ3n) is 0. The van der Waals surface area contributed by atoms with Gasteiger partial charge in [-0.05, 0) is 0 Å². The molecule has 0 fully saturated rings. The lowest BCUT2D eigenvalue weighted by Gasteiger charge is -1.82. The second-order valence-corrected chi connectivity index (χ2v) is 1.89. The summed E-state index contributed by atoms with van der Waals surface area (Å²) >= 11 is 0. The predicted octanol–water partition coefficient (Wildman–Crippen LogP) is -3.89. The third-order valence-corrected chi connectivity index (χ3v) is 0. The van der Waals surface area contributed by atoms with Gasteiger partial charge in [0.05, 0.1) is 0 Å². The van der Waals surface area contributed by atoms with Crippen molar-refractivity contribution >= 4 is 32.5 Å². The Morgan fingerprint density at radius 1 is 0.846 bits per heavy atom. The average Bonchev–Trinajstić information content (AvgIpc) is 1.19. The molecule has 0 rings (SSSR count). The van der Waals surface area contributed by atoms with Crippen molar-refractivity contribution in [1.82, 2.24) is 0 Å². The SMILES string of the molecule is O=P(O)(O)O.OB(O)O.[Al].[OH-].[OH-].[OH-]. The Balaban J connectivity index is -0.0000000146. The van der Waals surface area contributed by atoms with Gasteiger partial charge >= 0.3 is 15.1 Å². The summed E-state index contributed by atoms with van der Waals surface area (Å²) in [7, 11) is -6.81. The average molecular weight is 238 g/mol. The minimum absolute atomic E-state index is 0. The predicted molar refractivity (Wildman–Crippen MR) is 38.2 cm³/mol. The molecule has 83 valence electrons. The molecule has 0 bridgehead atoms. The molecule has 9 N–H and O–H groups in total. The zero-order chi connectivity index (χ0) is 8.08. The van der Waals surface area contributed by atoms with E-state index in [2.05, 4.69) is 0 Å². The normalized spacial score (nSPS) is 6.62. The topological polar surface area (TPSA) is 228 Å². The second-order valence-electron chi connectivity index (χ2n) is 0.860. The van der Waals surface area contributed by atoms with E-state index in [0.717, 1.165) is 0 Å². The van der Waals surface area contributed by atoms with Crippen LogP contribution in [0.2, 0.25) is 0 Å². The largest absolute Gasteiger partial charge is 0.870 e. The highest BCUT2D eigenvalue weighted by molar-refractivity contribution is 7.45. The summed E-state index contributed by atoms with van der Waals surface area (Å²) in [6.45, 7) is 0. The number of rotatable bonds is 0. The Hall–Kier alpha value is 0.467. The fourth-order valence-electron chi connectivity index (χ4n) is 0. The van der Waals surface area contributed by atoms with E-state index in [4.69, 9.17) is 34.3 Å². The first-order valence-corrected chi connectivity index (χ1v) is 3.12. The first-order chi connectivity index (χ1) is 3.73. The molecule has 0 aliphatic rings. The maximum atomic E-state index is 8.88. The summed E-state index contributed by atoms with van der Waals surface area (Å²) in [6, 6.07) is 0. The molecule has 13 heavy (non-hydrogen) atoms. The molecule has 0 aromatic rings. The Bertz CT molecular complexity index is 86.1. The Morgan fingerprint density at radius 3 is 0.846 bits per heavy atom. The van der Waals surface area contributed by atoms with Gasteiger partial charge in [0.1, 0.15) is 0 Å². The fourth-order valence-corrected chi connectivity index (χ4v) is 0. The van der Waals surface area contributed by atoms with Crippen molar-refractivity contribution in [1.29, 1.82) is 0 Å². The van der Waals surface area contributed by atoms with Crippen LogP contribution in [0.15, 0.2) is 0 Å². The van der Waals surface area contributed by atoms with Crippen molar-refractivity contribution in [2.45, 2.75) is 0 Å². The maximum Gasteiger partial charge on any atom is 0.631 e. The van der Waals surface area contributed by atoms with Crippen LogP contribution in [-0.2, 0) is 4.57 Å². The number of hydrogen-bond donors (Lipinski definition) is 6. The van der Waals surface area contributed by atoms with Gasteiger partial charge in [-0.3, -0.25) is 0 Å². The van der Waals surface area contributed by atoms with E-state index in [1.54, 1.807) is 0 Å². The van der Waals surface area contributed by atoms with Crippen molar-refractivity contribution in [2.24, 2.45) is 0 Å². The molecule has 0 saturated carbocycles. The Labute approximate surface area is 83.9 Å². The summed E-state index contributed by atoms with van der Waals surface area (Å²) < 4.78 is 8.88. The molecule has 3 radical (unpaired) electrons. The number of hydrogen-bond acceptors (Lipinski definition) is 7. The lowest BCUT2D eigenvalue weighted by molar-refractivity contribution is 0.274. The van der Waals surface area contributed by atoms with Crippen LogP contribution in [0, 0.1) is 0 Å². The molecule has 0 aliphatic carbocycles. The summed E-state index contributed by atoms with van der Waals surface area (Å²) in [5.41, 5.74) is 0. The molecule has 0 atom stereocenters. The third kappa shape index (κ3) is 6250. The van der Waals surface area contributed by atoms with Crippen LogP contribution in [0.5, 0.6) is 0 Å². The van der Waals surface area contributed by atoms with Crippen LogP contribution < -0.4 is 0 Å². The van der Waals surface area contributed by atoms with Crippen LogP contribution >= 0.6 is 7.82 Å². The highest BCUT2D eigenvalue weighted by atomic mass is 31.2. The van der Waals surface area contributed by atoms with E-state index in [1.807, 2.05) is 0 Å². The van der Waals surface area contributed by atoms with Crippen molar-refractivity contribution < 1.29 is 50.7 Å². The van der Waals surface area contributed by atoms with Gasteiger partial charge in [-0.25, -0.2) is 4.57 Å². The second kappa shape index (κ2) is 18.3. The smallest absolute Gasteiger partial charge is 0.631 e. The van der Waals surface area contributed by atoms with Crippen molar-refractivity contribution in [2.75, 3.05) is 0 Å². The molecule has 0 aliphatic heterocycles. The highest BCUT2D eigenvalue weighted by Crippen LogP contribution is 2.25. The summed E-state index contributed by atoms with van der Waals surface area (Å²) in [5, 5.41) is 21.5. The molecule has 10 nitrogen and oxygen atoms in total. The Kier molecular flexibility index (Phi) is 52.8. The first-order valence-electron chi connectivity index (χ1n) is 1.56. The summed E-state index contributed by atoms with van der Waals surface area (Å²) in [5.74, 6) is 0. The molecule has 0 unspecified atom stereocenters. The van der Waals surface area contributed by atoms with Gasteiger partial charge in [-0.15, -0.1) is 0 Å². The van der Waals surface area contributed by atoms with Crippen molar-refractivity contribution in [3.8, 4) is 0 Å². The van der Waals surface area contributed by atoms with Crippen LogP contribution in [-0.4, -0.2) is 70.9 Å². The molecule has 0 aromatic heterocycles. The summed E-state index contributed by atoms with van der Waals surface area (Å²) in [6.07, 6.45) is 0. The molecule has 0 saturated heterocycles. The standard InChI is InChI=1S/Al.BH3O3.H3O4P.3H2O/c;2-1(3)4;1-5(2,3)4;;;/h;2-4H;(H3,1,2,3,4);3*1H2/p-3. The van der Waals surface area contributed by atoms with Crippen LogP contribution in [0.4, 0.5) is 0 Å². The van der Waals surface area contributed by atoms with E-state index in [-0.39, 0.29) is 33.8 Å². The molecule has 0 aromatic carbocycles. The molecule has 0 amide bonds. The zero-order valence-electron chi connectivity index (χ0n) is 6.04. The zero-order valence-corrected chi connectivity index (χ0v) is 8.08. The molecule has 0 spiro atoms.